The molecule has 0 aromatic rings. The van der Waals surface area contributed by atoms with Gasteiger partial charge in [-0.1, -0.05) is 6.92 Å². The van der Waals surface area contributed by atoms with E-state index in [2.05, 4.69) is 4.90 Å². The van der Waals surface area contributed by atoms with Gasteiger partial charge in [-0.15, -0.1) is 0 Å². The maximum atomic E-state index is 11.4. The SMILES string of the molecule is COC(=O)C1CCN(C(C)C(C)C(=O)OC)C1. The van der Waals surface area contributed by atoms with Crippen LogP contribution in [0.4, 0.5) is 0 Å². The van der Waals surface area contributed by atoms with Crippen LogP contribution in [0.1, 0.15) is 20.3 Å². The molecule has 1 aliphatic rings. The second-order valence-corrected chi connectivity index (χ2v) is 4.56. The lowest BCUT2D eigenvalue weighted by Gasteiger charge is -2.27. The average molecular weight is 243 g/mol. The molecule has 0 aromatic carbocycles. The maximum absolute atomic E-state index is 11.4. The van der Waals surface area contributed by atoms with E-state index in [0.717, 1.165) is 13.0 Å². The first-order valence-corrected chi connectivity index (χ1v) is 5.91. The van der Waals surface area contributed by atoms with Crippen molar-refractivity contribution in [1.29, 1.82) is 0 Å². The maximum Gasteiger partial charge on any atom is 0.310 e. The molecule has 1 saturated heterocycles. The third kappa shape index (κ3) is 3.19. The van der Waals surface area contributed by atoms with Gasteiger partial charge < -0.3 is 9.47 Å². The zero-order valence-electron chi connectivity index (χ0n) is 10.9. The van der Waals surface area contributed by atoms with Crippen LogP contribution < -0.4 is 0 Å². The topological polar surface area (TPSA) is 55.8 Å². The summed E-state index contributed by atoms with van der Waals surface area (Å²) in [6, 6.07) is 0.0807. The van der Waals surface area contributed by atoms with E-state index in [1.54, 1.807) is 0 Å². The van der Waals surface area contributed by atoms with Crippen LogP contribution in [0.25, 0.3) is 0 Å². The molecular formula is C12H21NO4. The Kier molecular flexibility index (Phi) is 4.93. The Morgan fingerprint density at radius 1 is 1.24 bits per heavy atom. The van der Waals surface area contributed by atoms with Crippen molar-refractivity contribution in [3.63, 3.8) is 0 Å². The minimum atomic E-state index is -0.209. The molecule has 0 aliphatic carbocycles. The molecule has 1 heterocycles. The number of methoxy groups -OCH3 is 2. The summed E-state index contributed by atoms with van der Waals surface area (Å²) in [6.07, 6.45) is 0.797. The highest BCUT2D eigenvalue weighted by molar-refractivity contribution is 5.73. The van der Waals surface area contributed by atoms with Crippen LogP contribution in [0.2, 0.25) is 0 Å². The monoisotopic (exact) mass is 243 g/mol. The molecule has 1 aliphatic heterocycles. The van der Waals surface area contributed by atoms with Gasteiger partial charge in [-0.05, 0) is 19.9 Å². The van der Waals surface area contributed by atoms with E-state index in [1.807, 2.05) is 13.8 Å². The van der Waals surface area contributed by atoms with Crippen LogP contribution in [0.15, 0.2) is 0 Å². The molecule has 0 bridgehead atoms. The van der Waals surface area contributed by atoms with Gasteiger partial charge in [0.2, 0.25) is 0 Å². The smallest absolute Gasteiger partial charge is 0.310 e. The van der Waals surface area contributed by atoms with E-state index in [4.69, 9.17) is 9.47 Å². The molecule has 1 rings (SSSR count). The van der Waals surface area contributed by atoms with E-state index in [9.17, 15) is 9.59 Å². The van der Waals surface area contributed by atoms with E-state index in [-0.39, 0.29) is 29.8 Å². The lowest BCUT2D eigenvalue weighted by Crippen LogP contribution is -2.40. The fourth-order valence-corrected chi connectivity index (χ4v) is 2.22. The van der Waals surface area contributed by atoms with Crippen LogP contribution in [0.5, 0.6) is 0 Å². The number of esters is 2. The second kappa shape index (κ2) is 6.00. The molecule has 3 atom stereocenters. The summed E-state index contributed by atoms with van der Waals surface area (Å²) >= 11 is 0. The van der Waals surface area contributed by atoms with E-state index in [0.29, 0.717) is 6.54 Å². The van der Waals surface area contributed by atoms with Crippen LogP contribution in [-0.4, -0.2) is 50.2 Å². The summed E-state index contributed by atoms with van der Waals surface area (Å²) in [6.45, 7) is 5.32. The van der Waals surface area contributed by atoms with Gasteiger partial charge in [-0.2, -0.15) is 0 Å². The lowest BCUT2D eigenvalue weighted by atomic mass is 10.0. The number of ether oxygens (including phenoxy) is 2. The highest BCUT2D eigenvalue weighted by Gasteiger charge is 2.35. The first-order chi connectivity index (χ1) is 8.01. The summed E-state index contributed by atoms with van der Waals surface area (Å²) < 4.78 is 9.47. The summed E-state index contributed by atoms with van der Waals surface area (Å²) in [5, 5.41) is 0. The van der Waals surface area contributed by atoms with Gasteiger partial charge >= 0.3 is 11.9 Å². The Balaban J connectivity index is 2.53. The molecule has 3 unspecified atom stereocenters. The Hall–Kier alpha value is -1.10. The van der Waals surface area contributed by atoms with Crippen molar-refractivity contribution >= 4 is 11.9 Å². The average Bonchev–Trinajstić information content (AvgIpc) is 2.84. The highest BCUT2D eigenvalue weighted by Crippen LogP contribution is 2.23. The molecule has 1 fully saturated rings. The van der Waals surface area contributed by atoms with Crippen molar-refractivity contribution in [2.45, 2.75) is 26.3 Å². The minimum Gasteiger partial charge on any atom is -0.469 e. The number of hydrogen-bond acceptors (Lipinski definition) is 5. The van der Waals surface area contributed by atoms with Gasteiger partial charge in [-0.3, -0.25) is 14.5 Å². The fourth-order valence-electron chi connectivity index (χ4n) is 2.22. The fraction of sp³-hybridized carbons (Fsp3) is 0.833. The Morgan fingerprint density at radius 3 is 2.41 bits per heavy atom. The summed E-state index contributed by atoms with van der Waals surface area (Å²) in [7, 11) is 2.80. The Bertz CT molecular complexity index is 292. The number of carbonyl (C=O) groups is 2. The van der Waals surface area contributed by atoms with Crippen molar-refractivity contribution in [2.75, 3.05) is 27.3 Å². The van der Waals surface area contributed by atoms with E-state index >= 15 is 0 Å². The molecule has 0 aromatic heterocycles. The summed E-state index contributed by atoms with van der Waals surface area (Å²) in [5.74, 6) is -0.617. The third-order valence-electron chi connectivity index (χ3n) is 3.63. The van der Waals surface area contributed by atoms with Crippen molar-refractivity contribution in [3.05, 3.63) is 0 Å². The lowest BCUT2D eigenvalue weighted by molar-refractivity contribution is -0.146. The first kappa shape index (κ1) is 14.0. The molecule has 0 saturated carbocycles. The van der Waals surface area contributed by atoms with Crippen molar-refractivity contribution < 1.29 is 19.1 Å². The van der Waals surface area contributed by atoms with Gasteiger partial charge in [0.1, 0.15) is 0 Å². The standard InChI is InChI=1S/C12H21NO4/c1-8(11(14)16-3)9(2)13-6-5-10(7-13)12(15)17-4/h8-10H,5-7H2,1-4H3. The van der Waals surface area contributed by atoms with Crippen molar-refractivity contribution in [3.8, 4) is 0 Å². The summed E-state index contributed by atoms with van der Waals surface area (Å²) in [5.41, 5.74) is 0. The van der Waals surface area contributed by atoms with Gasteiger partial charge in [0, 0.05) is 12.6 Å². The number of rotatable bonds is 4. The normalized spacial score (nSPS) is 24.1. The minimum absolute atomic E-state index is 0.0627. The van der Waals surface area contributed by atoms with E-state index < -0.39 is 0 Å². The second-order valence-electron chi connectivity index (χ2n) is 4.56. The van der Waals surface area contributed by atoms with E-state index in [1.165, 1.54) is 14.2 Å². The zero-order chi connectivity index (χ0) is 13.0. The molecular weight excluding hydrogens is 222 g/mol. The molecule has 98 valence electrons. The van der Waals surface area contributed by atoms with Crippen LogP contribution in [0, 0.1) is 11.8 Å². The van der Waals surface area contributed by atoms with Gasteiger partial charge in [0.25, 0.3) is 0 Å². The molecule has 5 heteroatoms. The largest absolute Gasteiger partial charge is 0.469 e. The first-order valence-electron chi connectivity index (χ1n) is 5.91. The summed E-state index contributed by atoms with van der Waals surface area (Å²) in [4.78, 5) is 25.0. The number of nitrogens with zero attached hydrogens (tertiary/aromatic N) is 1. The van der Waals surface area contributed by atoms with Crippen molar-refractivity contribution in [1.82, 2.24) is 4.90 Å². The predicted octanol–water partition coefficient (Wildman–Crippen LogP) is 0.679. The molecule has 0 radical (unpaired) electrons. The van der Waals surface area contributed by atoms with Crippen LogP contribution in [-0.2, 0) is 19.1 Å². The molecule has 17 heavy (non-hydrogen) atoms. The quantitative estimate of drug-likeness (QED) is 0.680. The Labute approximate surface area is 102 Å². The highest BCUT2D eigenvalue weighted by atomic mass is 16.5. The van der Waals surface area contributed by atoms with Gasteiger partial charge in [-0.25, -0.2) is 0 Å². The molecule has 0 amide bonds. The number of likely N-dealkylation sites (tertiary alicyclic amines) is 1. The molecule has 0 spiro atoms. The molecule has 5 nitrogen and oxygen atoms in total. The van der Waals surface area contributed by atoms with Gasteiger partial charge in [0.05, 0.1) is 26.1 Å². The van der Waals surface area contributed by atoms with Gasteiger partial charge in [0.15, 0.2) is 0 Å². The number of hydrogen-bond donors (Lipinski definition) is 0. The zero-order valence-corrected chi connectivity index (χ0v) is 10.9. The van der Waals surface area contributed by atoms with Crippen LogP contribution in [0.3, 0.4) is 0 Å². The number of carbonyl (C=O) groups excluding carboxylic acids is 2. The predicted molar refractivity (Wildman–Crippen MR) is 62.3 cm³/mol. The molecule has 0 N–H and O–H groups in total. The van der Waals surface area contributed by atoms with Crippen LogP contribution >= 0.6 is 0 Å². The van der Waals surface area contributed by atoms with Crippen molar-refractivity contribution in [2.24, 2.45) is 11.8 Å². The Morgan fingerprint density at radius 2 is 1.88 bits per heavy atom. The third-order valence-corrected chi connectivity index (χ3v) is 3.63.